The number of benzene rings is 1. The lowest BCUT2D eigenvalue weighted by Gasteiger charge is -2.39. The number of aryl methyl sites for hydroxylation is 1. The number of hydrogen-bond acceptors (Lipinski definition) is 6. The molecule has 2 heterocycles. The van der Waals surface area contributed by atoms with Gasteiger partial charge in [0.25, 0.3) is 0 Å². The quantitative estimate of drug-likeness (QED) is 0.177. The Balaban J connectivity index is 0.000000231. The van der Waals surface area contributed by atoms with Crippen molar-refractivity contribution >= 4 is 23.3 Å². The van der Waals surface area contributed by atoms with E-state index in [-0.39, 0.29) is 18.7 Å². The number of hydrazone groups is 1. The van der Waals surface area contributed by atoms with E-state index in [1.807, 2.05) is 43.5 Å². The first-order valence-corrected chi connectivity index (χ1v) is 10.2. The number of fused-ring (bicyclic) bond motifs is 1. The topological polar surface area (TPSA) is 114 Å². The van der Waals surface area contributed by atoms with E-state index in [0.717, 1.165) is 28.2 Å². The van der Waals surface area contributed by atoms with Crippen molar-refractivity contribution in [3.05, 3.63) is 65.5 Å². The number of anilines is 1. The van der Waals surface area contributed by atoms with E-state index in [1.165, 1.54) is 0 Å². The Morgan fingerprint density at radius 1 is 1.30 bits per heavy atom. The summed E-state index contributed by atoms with van der Waals surface area (Å²) in [4.78, 5) is 10.4. The lowest BCUT2D eigenvalue weighted by Crippen LogP contribution is -2.50. The summed E-state index contributed by atoms with van der Waals surface area (Å²) in [7, 11) is 1.79. The predicted octanol–water partition coefficient (Wildman–Crippen LogP) is 3.32. The largest absolute Gasteiger partial charge is 0.391 e. The number of pyridine rings is 1. The van der Waals surface area contributed by atoms with Gasteiger partial charge in [0.15, 0.2) is 12.1 Å². The van der Waals surface area contributed by atoms with Crippen LogP contribution >= 0.6 is 0 Å². The zero-order valence-electron chi connectivity index (χ0n) is 18.3. The Bertz CT molecular complexity index is 1140. The number of amidine groups is 1. The molecule has 0 saturated heterocycles. The molecule has 3 aromatic rings. The van der Waals surface area contributed by atoms with Gasteiger partial charge in [0.1, 0.15) is 0 Å². The maximum Gasteiger partial charge on any atom is 0.391 e. The molecule has 33 heavy (non-hydrogen) atoms. The molecule has 11 heteroatoms. The maximum atomic E-state index is 12.5. The third-order valence-corrected chi connectivity index (χ3v) is 5.56. The number of nitrogens with two attached hydrogens (primary N) is 2. The summed E-state index contributed by atoms with van der Waals surface area (Å²) in [5, 5.41) is 12.0. The minimum absolute atomic E-state index is 0.0492. The number of hydrazine groups is 1. The number of nitrogens with zero attached hydrogens (tertiary/aromatic N) is 4. The average molecular weight is 461 g/mol. The van der Waals surface area contributed by atoms with Gasteiger partial charge in [-0.15, -0.1) is 5.10 Å². The van der Waals surface area contributed by atoms with Gasteiger partial charge in [0, 0.05) is 24.5 Å². The summed E-state index contributed by atoms with van der Waals surface area (Å²) in [5.74, 6) is 4.59. The number of alkyl halides is 3. The van der Waals surface area contributed by atoms with Gasteiger partial charge in [0.2, 0.25) is 0 Å². The highest BCUT2D eigenvalue weighted by Crippen LogP contribution is 2.42. The molecule has 0 unspecified atom stereocenters. The molecule has 0 aliphatic heterocycles. The number of rotatable bonds is 5. The summed E-state index contributed by atoms with van der Waals surface area (Å²) in [5.41, 5.74) is 9.98. The molecule has 1 fully saturated rings. The van der Waals surface area contributed by atoms with E-state index >= 15 is 0 Å². The summed E-state index contributed by atoms with van der Waals surface area (Å²) in [6.07, 6.45) is -0.0862. The van der Waals surface area contributed by atoms with Gasteiger partial charge in [0.05, 0.1) is 29.2 Å². The zero-order valence-corrected chi connectivity index (χ0v) is 18.3. The van der Waals surface area contributed by atoms with Gasteiger partial charge in [-0.25, -0.2) is 15.5 Å². The SMILES string of the molecule is CNc1cc(/C(N)=N/N(N)C2CC(C(F)(F)F)C2)ccc1C.O=Cc1cnn2ccccc12. The Hall–Kier alpha value is -3.60. The molecule has 1 aromatic carbocycles. The number of halogens is 3. The summed E-state index contributed by atoms with van der Waals surface area (Å²) < 4.78 is 39.0. The van der Waals surface area contributed by atoms with E-state index in [0.29, 0.717) is 11.1 Å². The van der Waals surface area contributed by atoms with Crippen LogP contribution in [-0.2, 0) is 0 Å². The molecule has 2 aromatic heterocycles. The molecule has 5 N–H and O–H groups in total. The fourth-order valence-electron chi connectivity index (χ4n) is 3.43. The maximum absolute atomic E-state index is 12.5. The van der Waals surface area contributed by atoms with Crippen LogP contribution in [0.15, 0.2) is 53.9 Å². The van der Waals surface area contributed by atoms with E-state index < -0.39 is 18.1 Å². The Morgan fingerprint density at radius 3 is 2.67 bits per heavy atom. The summed E-state index contributed by atoms with van der Waals surface area (Å²) in [6, 6.07) is 10.7. The summed E-state index contributed by atoms with van der Waals surface area (Å²) in [6.45, 7) is 1.95. The van der Waals surface area contributed by atoms with Crippen LogP contribution in [0, 0.1) is 12.8 Å². The van der Waals surface area contributed by atoms with Gasteiger partial charge in [-0.05, 0) is 43.5 Å². The molecule has 0 amide bonds. The molecule has 0 bridgehead atoms. The fraction of sp³-hybridized carbons (Fsp3) is 0.318. The van der Waals surface area contributed by atoms with Crippen molar-refractivity contribution < 1.29 is 18.0 Å². The van der Waals surface area contributed by atoms with Crippen molar-refractivity contribution in [2.45, 2.75) is 32.0 Å². The van der Waals surface area contributed by atoms with Gasteiger partial charge >= 0.3 is 6.18 Å². The number of aldehydes is 1. The number of carbonyl (C=O) groups is 1. The van der Waals surface area contributed by atoms with Crippen LogP contribution in [0.3, 0.4) is 0 Å². The molecular weight excluding hydrogens is 435 g/mol. The second kappa shape index (κ2) is 9.90. The van der Waals surface area contributed by atoms with Crippen molar-refractivity contribution in [1.29, 1.82) is 0 Å². The monoisotopic (exact) mass is 461 g/mol. The van der Waals surface area contributed by atoms with Gasteiger partial charge < -0.3 is 11.1 Å². The smallest absolute Gasteiger partial charge is 0.388 e. The van der Waals surface area contributed by atoms with Gasteiger partial charge in [-0.3, -0.25) is 4.79 Å². The first kappa shape index (κ1) is 24.1. The van der Waals surface area contributed by atoms with Crippen LogP contribution in [0.25, 0.3) is 5.52 Å². The number of nitrogens with one attached hydrogen (secondary N) is 1. The summed E-state index contributed by atoms with van der Waals surface area (Å²) >= 11 is 0. The minimum Gasteiger partial charge on any atom is -0.388 e. The predicted molar refractivity (Wildman–Crippen MR) is 121 cm³/mol. The van der Waals surface area contributed by atoms with Crippen molar-refractivity contribution in [1.82, 2.24) is 14.7 Å². The van der Waals surface area contributed by atoms with E-state index in [2.05, 4.69) is 15.5 Å². The standard InChI is InChI=1S/C14H20F3N5.C8H6N2O/c1-8-3-4-9(5-12(8)20-2)13(18)21-22(19)11-6-10(7-11)14(15,16)17;11-6-7-5-9-10-4-2-1-3-8(7)10/h3-5,10-11,20H,6-7,19H2,1-2H3,(H2,18,21);1-6H. The molecule has 0 radical (unpaired) electrons. The highest BCUT2D eigenvalue weighted by Gasteiger charge is 2.49. The number of hydrogen-bond donors (Lipinski definition) is 3. The van der Waals surface area contributed by atoms with Crippen molar-refractivity contribution in [3.63, 3.8) is 0 Å². The van der Waals surface area contributed by atoms with Gasteiger partial charge in [-0.1, -0.05) is 18.2 Å². The molecule has 0 atom stereocenters. The van der Waals surface area contributed by atoms with E-state index in [4.69, 9.17) is 11.6 Å². The highest BCUT2D eigenvalue weighted by molar-refractivity contribution is 5.98. The van der Waals surface area contributed by atoms with E-state index in [1.54, 1.807) is 23.8 Å². The van der Waals surface area contributed by atoms with Crippen LogP contribution in [0.4, 0.5) is 18.9 Å². The second-order valence-corrected chi connectivity index (χ2v) is 7.76. The zero-order chi connectivity index (χ0) is 24.2. The molecule has 1 aliphatic carbocycles. The third-order valence-electron chi connectivity index (χ3n) is 5.56. The molecule has 4 rings (SSSR count). The van der Waals surface area contributed by atoms with E-state index in [9.17, 15) is 18.0 Å². The first-order valence-electron chi connectivity index (χ1n) is 10.2. The average Bonchev–Trinajstić information content (AvgIpc) is 3.15. The molecule has 1 saturated carbocycles. The molecule has 176 valence electrons. The van der Waals surface area contributed by atoms with Crippen LogP contribution in [0.5, 0.6) is 0 Å². The third kappa shape index (κ3) is 5.61. The van der Waals surface area contributed by atoms with Crippen LogP contribution in [-0.4, -0.2) is 46.1 Å². The normalized spacial score (nSPS) is 18.2. The number of aromatic nitrogens is 2. The lowest BCUT2D eigenvalue weighted by molar-refractivity contribution is -0.207. The van der Waals surface area contributed by atoms with Crippen LogP contribution < -0.4 is 16.9 Å². The Labute approximate surface area is 189 Å². The molecule has 1 aliphatic rings. The van der Waals surface area contributed by atoms with Crippen molar-refractivity contribution in [2.75, 3.05) is 12.4 Å². The molecule has 8 nitrogen and oxygen atoms in total. The van der Waals surface area contributed by atoms with Crippen molar-refractivity contribution in [2.24, 2.45) is 22.6 Å². The first-order chi connectivity index (χ1) is 15.6. The molecule has 0 spiro atoms. The van der Waals surface area contributed by atoms with Crippen LogP contribution in [0.1, 0.15) is 34.3 Å². The van der Waals surface area contributed by atoms with Crippen molar-refractivity contribution in [3.8, 4) is 0 Å². The Morgan fingerprint density at radius 2 is 2.03 bits per heavy atom. The minimum atomic E-state index is -4.16. The van der Waals surface area contributed by atoms with Gasteiger partial charge in [-0.2, -0.15) is 18.3 Å². The lowest BCUT2D eigenvalue weighted by atomic mass is 9.80. The fourth-order valence-corrected chi connectivity index (χ4v) is 3.43. The Kier molecular flexibility index (Phi) is 7.22. The highest BCUT2D eigenvalue weighted by atomic mass is 19.4. The van der Waals surface area contributed by atoms with Crippen LogP contribution in [0.2, 0.25) is 0 Å². The second-order valence-electron chi connectivity index (χ2n) is 7.76. The molecular formula is C22H26F3N7O. The number of carbonyl (C=O) groups excluding carboxylic acids is 1.